The molecule has 17 heavy (non-hydrogen) atoms. The van der Waals surface area contributed by atoms with Crippen LogP contribution in [0.15, 0.2) is 17.5 Å². The fraction of sp³-hybridized carbons (Fsp3) is 0.714. The van der Waals surface area contributed by atoms with E-state index >= 15 is 0 Å². The van der Waals surface area contributed by atoms with E-state index in [1.165, 1.54) is 56.7 Å². The second kappa shape index (κ2) is 7.14. The van der Waals surface area contributed by atoms with E-state index in [2.05, 4.69) is 34.8 Å². The van der Waals surface area contributed by atoms with E-state index < -0.39 is 0 Å². The first-order chi connectivity index (χ1) is 8.38. The number of hydrogen-bond acceptors (Lipinski definition) is 3. The van der Waals surface area contributed by atoms with Gasteiger partial charge in [-0.05, 0) is 76.3 Å². The molecule has 0 unspecified atom stereocenters. The van der Waals surface area contributed by atoms with Gasteiger partial charge in [0.2, 0.25) is 0 Å². The Morgan fingerprint density at radius 3 is 2.88 bits per heavy atom. The summed E-state index contributed by atoms with van der Waals surface area (Å²) in [5.41, 5.74) is 0. The normalized spacial score (nSPS) is 18.6. The number of likely N-dealkylation sites (tertiary alicyclic amines) is 1. The van der Waals surface area contributed by atoms with Crippen LogP contribution in [0, 0.1) is 5.92 Å². The molecule has 0 amide bonds. The Kier molecular flexibility index (Phi) is 5.49. The summed E-state index contributed by atoms with van der Waals surface area (Å²) < 4.78 is 0. The third-order valence-corrected chi connectivity index (χ3v) is 4.61. The van der Waals surface area contributed by atoms with E-state index in [0.29, 0.717) is 0 Å². The molecule has 1 N–H and O–H groups in total. The highest BCUT2D eigenvalue weighted by Crippen LogP contribution is 2.17. The van der Waals surface area contributed by atoms with Gasteiger partial charge in [0.15, 0.2) is 0 Å². The summed E-state index contributed by atoms with van der Waals surface area (Å²) in [5.74, 6) is 0.911. The molecule has 1 aliphatic heterocycles. The van der Waals surface area contributed by atoms with Crippen molar-refractivity contribution >= 4 is 11.3 Å². The van der Waals surface area contributed by atoms with Crippen LogP contribution < -0.4 is 5.32 Å². The maximum absolute atomic E-state index is 3.30. The molecule has 1 fully saturated rings. The van der Waals surface area contributed by atoms with Crippen molar-refractivity contribution in [1.82, 2.24) is 10.2 Å². The van der Waals surface area contributed by atoms with E-state index in [0.717, 1.165) is 5.92 Å². The summed E-state index contributed by atoms with van der Waals surface area (Å²) in [6.07, 6.45) is 5.32. The minimum absolute atomic E-state index is 0.911. The van der Waals surface area contributed by atoms with Gasteiger partial charge in [-0.1, -0.05) is 6.07 Å². The van der Waals surface area contributed by atoms with Gasteiger partial charge in [0.1, 0.15) is 0 Å². The lowest BCUT2D eigenvalue weighted by molar-refractivity contribution is 0.182. The van der Waals surface area contributed by atoms with Crippen molar-refractivity contribution < 1.29 is 0 Å². The minimum Gasteiger partial charge on any atom is -0.319 e. The highest BCUT2D eigenvalue weighted by molar-refractivity contribution is 7.09. The first-order valence-corrected chi connectivity index (χ1v) is 7.66. The number of rotatable bonds is 6. The molecule has 1 aromatic heterocycles. The fourth-order valence-electron chi connectivity index (χ4n) is 2.63. The van der Waals surface area contributed by atoms with Crippen LogP contribution in [-0.2, 0) is 6.42 Å². The Bertz CT molecular complexity index is 289. The van der Waals surface area contributed by atoms with Crippen LogP contribution in [0.1, 0.15) is 24.1 Å². The Hall–Kier alpha value is -0.380. The standard InChI is InChI=1S/C14H24N2S/c1-15-12-13-6-9-16(10-7-13)8-2-4-14-5-3-11-17-14/h3,5,11,13,15H,2,4,6-10,12H2,1H3. The molecular formula is C14H24N2S. The van der Waals surface area contributed by atoms with Gasteiger partial charge in [-0.3, -0.25) is 0 Å². The molecule has 0 atom stereocenters. The third-order valence-electron chi connectivity index (χ3n) is 3.68. The summed E-state index contributed by atoms with van der Waals surface area (Å²) in [7, 11) is 2.06. The molecule has 2 nitrogen and oxygen atoms in total. The molecule has 0 saturated carbocycles. The van der Waals surface area contributed by atoms with Crippen LogP contribution in [-0.4, -0.2) is 38.1 Å². The summed E-state index contributed by atoms with van der Waals surface area (Å²) in [4.78, 5) is 4.18. The van der Waals surface area contributed by atoms with Crippen LogP contribution in [0.4, 0.5) is 0 Å². The second-order valence-corrected chi connectivity index (χ2v) is 6.06. The van der Waals surface area contributed by atoms with Gasteiger partial charge in [-0.25, -0.2) is 0 Å². The predicted octanol–water partition coefficient (Wildman–Crippen LogP) is 2.61. The lowest BCUT2D eigenvalue weighted by atomic mass is 9.97. The Morgan fingerprint density at radius 1 is 1.41 bits per heavy atom. The van der Waals surface area contributed by atoms with Crippen molar-refractivity contribution in [3.05, 3.63) is 22.4 Å². The number of hydrogen-bond donors (Lipinski definition) is 1. The largest absolute Gasteiger partial charge is 0.319 e. The summed E-state index contributed by atoms with van der Waals surface area (Å²) in [6.45, 7) is 5.08. The number of nitrogens with one attached hydrogen (secondary N) is 1. The summed E-state index contributed by atoms with van der Waals surface area (Å²) in [5, 5.41) is 5.48. The molecule has 0 radical (unpaired) electrons. The zero-order valence-corrected chi connectivity index (χ0v) is 11.6. The molecule has 96 valence electrons. The van der Waals surface area contributed by atoms with Gasteiger partial charge in [0, 0.05) is 4.88 Å². The maximum Gasteiger partial charge on any atom is 0.00457 e. The lowest BCUT2D eigenvalue weighted by Crippen LogP contribution is -2.37. The summed E-state index contributed by atoms with van der Waals surface area (Å²) in [6, 6.07) is 4.41. The zero-order chi connectivity index (χ0) is 11.9. The molecule has 1 aromatic rings. The van der Waals surface area contributed by atoms with Gasteiger partial charge in [0.25, 0.3) is 0 Å². The second-order valence-electron chi connectivity index (χ2n) is 5.03. The topological polar surface area (TPSA) is 15.3 Å². The number of thiophene rings is 1. The van der Waals surface area contributed by atoms with E-state index in [4.69, 9.17) is 0 Å². The van der Waals surface area contributed by atoms with E-state index in [-0.39, 0.29) is 0 Å². The smallest absolute Gasteiger partial charge is 0.00457 e. The van der Waals surface area contributed by atoms with Crippen LogP contribution in [0.5, 0.6) is 0 Å². The third kappa shape index (κ3) is 4.41. The van der Waals surface area contributed by atoms with E-state index in [9.17, 15) is 0 Å². The van der Waals surface area contributed by atoms with Gasteiger partial charge in [-0.15, -0.1) is 11.3 Å². The molecule has 0 aromatic carbocycles. The Labute approximate surface area is 109 Å². The SMILES string of the molecule is CNCC1CCN(CCCc2cccs2)CC1. The zero-order valence-electron chi connectivity index (χ0n) is 10.8. The number of aryl methyl sites for hydroxylation is 1. The van der Waals surface area contributed by atoms with Crippen LogP contribution in [0.25, 0.3) is 0 Å². The van der Waals surface area contributed by atoms with Crippen molar-refractivity contribution in [2.75, 3.05) is 33.2 Å². The van der Waals surface area contributed by atoms with Crippen molar-refractivity contribution in [1.29, 1.82) is 0 Å². The molecule has 3 heteroatoms. The molecule has 1 saturated heterocycles. The van der Waals surface area contributed by atoms with Gasteiger partial charge < -0.3 is 10.2 Å². The molecule has 2 heterocycles. The monoisotopic (exact) mass is 252 g/mol. The molecular weight excluding hydrogens is 228 g/mol. The quantitative estimate of drug-likeness (QED) is 0.837. The number of piperidine rings is 1. The van der Waals surface area contributed by atoms with Crippen molar-refractivity contribution in [3.8, 4) is 0 Å². The molecule has 0 bridgehead atoms. The predicted molar refractivity (Wildman–Crippen MR) is 75.7 cm³/mol. The minimum atomic E-state index is 0.911. The van der Waals surface area contributed by atoms with Crippen molar-refractivity contribution in [3.63, 3.8) is 0 Å². The van der Waals surface area contributed by atoms with Gasteiger partial charge in [0.05, 0.1) is 0 Å². The van der Waals surface area contributed by atoms with Crippen molar-refractivity contribution in [2.24, 2.45) is 5.92 Å². The first-order valence-electron chi connectivity index (χ1n) is 6.78. The first kappa shape index (κ1) is 13.1. The molecule has 1 aliphatic rings. The van der Waals surface area contributed by atoms with Gasteiger partial charge in [-0.2, -0.15) is 0 Å². The highest BCUT2D eigenvalue weighted by atomic mass is 32.1. The highest BCUT2D eigenvalue weighted by Gasteiger charge is 2.17. The molecule has 0 aliphatic carbocycles. The average Bonchev–Trinajstić information content (AvgIpc) is 2.85. The van der Waals surface area contributed by atoms with Crippen LogP contribution >= 0.6 is 11.3 Å². The maximum atomic E-state index is 3.30. The van der Waals surface area contributed by atoms with Gasteiger partial charge >= 0.3 is 0 Å². The summed E-state index contributed by atoms with van der Waals surface area (Å²) >= 11 is 1.89. The average molecular weight is 252 g/mol. The fourth-order valence-corrected chi connectivity index (χ4v) is 3.39. The molecule has 0 spiro atoms. The van der Waals surface area contributed by atoms with E-state index in [1.807, 2.05) is 11.3 Å². The Morgan fingerprint density at radius 2 is 2.24 bits per heavy atom. The Balaban J connectivity index is 1.58. The van der Waals surface area contributed by atoms with Crippen molar-refractivity contribution in [2.45, 2.75) is 25.7 Å². The number of nitrogens with zero attached hydrogens (tertiary/aromatic N) is 1. The van der Waals surface area contributed by atoms with Crippen LogP contribution in [0.2, 0.25) is 0 Å². The molecule has 2 rings (SSSR count). The van der Waals surface area contributed by atoms with Crippen LogP contribution in [0.3, 0.4) is 0 Å². The van der Waals surface area contributed by atoms with E-state index in [1.54, 1.807) is 0 Å². The lowest BCUT2D eigenvalue weighted by Gasteiger charge is -2.31.